The lowest BCUT2D eigenvalue weighted by atomic mass is 10.3. The Balaban J connectivity index is 1.41. The number of nitrogens with zero attached hydrogens (tertiary/aromatic N) is 4. The first-order valence-corrected chi connectivity index (χ1v) is 12.7. The van der Waals surface area contributed by atoms with Gasteiger partial charge >= 0.3 is 0 Å². The van der Waals surface area contributed by atoms with Crippen molar-refractivity contribution in [2.75, 3.05) is 26.2 Å². The van der Waals surface area contributed by atoms with Gasteiger partial charge in [0, 0.05) is 32.7 Å². The lowest BCUT2D eigenvalue weighted by Crippen LogP contribution is -2.52. The van der Waals surface area contributed by atoms with Crippen LogP contribution in [0.3, 0.4) is 0 Å². The van der Waals surface area contributed by atoms with Gasteiger partial charge in [0.2, 0.25) is 15.9 Å². The van der Waals surface area contributed by atoms with Crippen LogP contribution in [0.15, 0.2) is 64.6 Å². The van der Waals surface area contributed by atoms with Crippen LogP contribution in [-0.4, -0.2) is 64.5 Å². The zero-order valence-electron chi connectivity index (χ0n) is 17.6. The molecule has 7 nitrogen and oxygen atoms in total. The van der Waals surface area contributed by atoms with Crippen LogP contribution in [0.5, 0.6) is 0 Å². The zero-order valence-corrected chi connectivity index (χ0v) is 19.3. The molecule has 0 bridgehead atoms. The Labute approximate surface area is 187 Å². The van der Waals surface area contributed by atoms with Gasteiger partial charge in [-0.25, -0.2) is 13.4 Å². The van der Waals surface area contributed by atoms with E-state index in [9.17, 15) is 13.2 Å². The van der Waals surface area contributed by atoms with Crippen LogP contribution in [0.4, 0.5) is 0 Å². The molecule has 4 rings (SSSR count). The van der Waals surface area contributed by atoms with Gasteiger partial charge in [-0.3, -0.25) is 4.79 Å². The van der Waals surface area contributed by atoms with Crippen molar-refractivity contribution in [3.05, 3.63) is 54.6 Å². The van der Waals surface area contributed by atoms with Crippen molar-refractivity contribution in [1.29, 1.82) is 0 Å². The molecule has 1 saturated heterocycles. The summed E-state index contributed by atoms with van der Waals surface area (Å²) in [4.78, 5) is 19.8. The molecule has 1 aromatic heterocycles. The molecule has 9 heteroatoms. The fourth-order valence-corrected chi connectivity index (χ4v) is 6.32. The van der Waals surface area contributed by atoms with Gasteiger partial charge in [0.25, 0.3) is 0 Å². The minimum atomic E-state index is -3.53. The number of hydrogen-bond donors (Lipinski definition) is 0. The summed E-state index contributed by atoms with van der Waals surface area (Å²) in [5.41, 5.74) is 1.98. The lowest BCUT2D eigenvalue weighted by Gasteiger charge is -2.35. The summed E-state index contributed by atoms with van der Waals surface area (Å²) in [5.74, 6) is 0.0106. The number of aryl methyl sites for hydroxylation is 1. The zero-order chi connectivity index (χ0) is 22.0. The SMILES string of the molecule is CCn1c(S[C@@H](C)C(=O)N2CCN(S(=O)(=O)c3ccccc3)CC2)nc2ccccc21. The topological polar surface area (TPSA) is 75.5 Å². The Morgan fingerprint density at radius 2 is 1.68 bits per heavy atom. The largest absolute Gasteiger partial charge is 0.339 e. The molecule has 31 heavy (non-hydrogen) atoms. The van der Waals surface area contributed by atoms with E-state index in [2.05, 4.69) is 11.5 Å². The highest BCUT2D eigenvalue weighted by molar-refractivity contribution is 8.00. The number of sulfonamides is 1. The van der Waals surface area contributed by atoms with Crippen molar-refractivity contribution in [2.24, 2.45) is 0 Å². The van der Waals surface area contributed by atoms with Gasteiger partial charge in [0.05, 0.1) is 21.2 Å². The second kappa shape index (κ2) is 9.02. The van der Waals surface area contributed by atoms with Gasteiger partial charge in [-0.05, 0) is 38.1 Å². The summed E-state index contributed by atoms with van der Waals surface area (Å²) >= 11 is 1.45. The number of piperazine rings is 1. The molecule has 2 aromatic carbocycles. The molecule has 164 valence electrons. The Morgan fingerprint density at radius 3 is 2.35 bits per heavy atom. The molecule has 0 N–H and O–H groups in total. The number of fused-ring (bicyclic) bond motifs is 1. The van der Waals surface area contributed by atoms with Crippen molar-refractivity contribution in [2.45, 2.75) is 35.7 Å². The van der Waals surface area contributed by atoms with Gasteiger partial charge in [0.1, 0.15) is 0 Å². The Bertz CT molecular complexity index is 1170. The third-order valence-corrected chi connectivity index (χ3v) is 8.49. The normalized spacial score (nSPS) is 16.5. The molecule has 2 heterocycles. The van der Waals surface area contributed by atoms with E-state index in [1.807, 2.05) is 31.2 Å². The highest BCUT2D eigenvalue weighted by atomic mass is 32.2. The summed E-state index contributed by atoms with van der Waals surface area (Å²) in [6.07, 6.45) is 0. The van der Waals surface area contributed by atoms with E-state index in [0.29, 0.717) is 26.2 Å². The molecule has 0 saturated carbocycles. The third-order valence-electron chi connectivity index (χ3n) is 5.50. The first-order valence-electron chi connectivity index (χ1n) is 10.4. The summed E-state index contributed by atoms with van der Waals surface area (Å²) in [7, 11) is -3.53. The standard InChI is InChI=1S/C22H26N4O3S2/c1-3-26-20-12-8-7-11-19(20)23-22(26)30-17(2)21(27)24-13-15-25(16-14-24)31(28,29)18-9-5-4-6-10-18/h4-12,17H,3,13-16H2,1-2H3/t17-/m0/s1. The van der Waals surface area contributed by atoms with Crippen molar-refractivity contribution in [3.63, 3.8) is 0 Å². The molecule has 1 fully saturated rings. The van der Waals surface area contributed by atoms with Gasteiger partial charge in [-0.15, -0.1) is 0 Å². The van der Waals surface area contributed by atoms with Crippen LogP contribution in [-0.2, 0) is 21.4 Å². The molecule has 0 aliphatic carbocycles. The lowest BCUT2D eigenvalue weighted by molar-refractivity contribution is -0.131. The van der Waals surface area contributed by atoms with Crippen LogP contribution in [0.25, 0.3) is 11.0 Å². The first kappa shape index (κ1) is 21.9. The fraction of sp³-hybridized carbons (Fsp3) is 0.364. The maximum absolute atomic E-state index is 13.0. The molecule has 1 amide bonds. The van der Waals surface area contributed by atoms with Crippen molar-refractivity contribution in [1.82, 2.24) is 18.8 Å². The number of rotatable bonds is 6. The van der Waals surface area contributed by atoms with Crippen LogP contribution in [0, 0.1) is 0 Å². The summed E-state index contributed by atoms with van der Waals surface area (Å²) < 4.78 is 29.2. The average molecular weight is 459 g/mol. The van der Waals surface area contributed by atoms with E-state index in [1.54, 1.807) is 35.2 Å². The minimum Gasteiger partial charge on any atom is -0.339 e. The number of amides is 1. The van der Waals surface area contributed by atoms with Gasteiger partial charge in [-0.1, -0.05) is 42.1 Å². The Kier molecular flexibility index (Phi) is 6.36. The maximum Gasteiger partial charge on any atom is 0.243 e. The quantitative estimate of drug-likeness (QED) is 0.531. The van der Waals surface area contributed by atoms with Crippen molar-refractivity contribution >= 4 is 38.7 Å². The Hall–Kier alpha value is -2.36. The van der Waals surface area contributed by atoms with Gasteiger partial charge in [-0.2, -0.15) is 4.31 Å². The maximum atomic E-state index is 13.0. The van der Waals surface area contributed by atoms with E-state index in [-0.39, 0.29) is 16.1 Å². The van der Waals surface area contributed by atoms with E-state index in [0.717, 1.165) is 22.7 Å². The molecule has 1 atom stereocenters. The molecule has 1 aliphatic heterocycles. The molecule has 0 spiro atoms. The van der Waals surface area contributed by atoms with E-state index in [1.165, 1.54) is 16.1 Å². The third kappa shape index (κ3) is 4.35. The predicted octanol–water partition coefficient (Wildman–Crippen LogP) is 3.07. The summed E-state index contributed by atoms with van der Waals surface area (Å²) in [5, 5.41) is 0.522. The van der Waals surface area contributed by atoms with Crippen LogP contribution in [0.1, 0.15) is 13.8 Å². The highest BCUT2D eigenvalue weighted by Gasteiger charge is 2.32. The van der Waals surface area contributed by atoms with E-state index >= 15 is 0 Å². The van der Waals surface area contributed by atoms with Gasteiger partial charge < -0.3 is 9.47 Å². The second-order valence-electron chi connectivity index (χ2n) is 7.43. The highest BCUT2D eigenvalue weighted by Crippen LogP contribution is 2.28. The first-order chi connectivity index (χ1) is 14.9. The van der Waals surface area contributed by atoms with Crippen molar-refractivity contribution in [3.8, 4) is 0 Å². The Morgan fingerprint density at radius 1 is 1.03 bits per heavy atom. The van der Waals surface area contributed by atoms with E-state index in [4.69, 9.17) is 4.98 Å². The molecule has 3 aromatic rings. The van der Waals surface area contributed by atoms with Crippen LogP contribution >= 0.6 is 11.8 Å². The second-order valence-corrected chi connectivity index (χ2v) is 10.7. The predicted molar refractivity (Wildman–Crippen MR) is 123 cm³/mol. The fourth-order valence-electron chi connectivity index (χ4n) is 3.80. The number of hydrogen-bond acceptors (Lipinski definition) is 5. The number of thioether (sulfide) groups is 1. The number of benzene rings is 2. The monoisotopic (exact) mass is 458 g/mol. The molecule has 1 aliphatic rings. The van der Waals surface area contributed by atoms with Crippen LogP contribution in [0.2, 0.25) is 0 Å². The number of aromatic nitrogens is 2. The summed E-state index contributed by atoms with van der Waals surface area (Å²) in [6, 6.07) is 16.4. The number of carbonyl (C=O) groups excluding carboxylic acids is 1. The van der Waals surface area contributed by atoms with E-state index < -0.39 is 10.0 Å². The average Bonchev–Trinajstić information content (AvgIpc) is 3.16. The smallest absolute Gasteiger partial charge is 0.243 e. The molecule has 0 unspecified atom stereocenters. The number of imidazole rings is 1. The molecular weight excluding hydrogens is 432 g/mol. The minimum absolute atomic E-state index is 0.0106. The van der Waals surface area contributed by atoms with Crippen molar-refractivity contribution < 1.29 is 13.2 Å². The van der Waals surface area contributed by atoms with Gasteiger partial charge in [0.15, 0.2) is 5.16 Å². The number of carbonyl (C=O) groups is 1. The summed E-state index contributed by atoms with van der Waals surface area (Å²) in [6.45, 7) is 6.11. The molecule has 0 radical (unpaired) electrons. The number of para-hydroxylation sites is 2. The molecular formula is C22H26N4O3S2. The van der Waals surface area contributed by atoms with Crippen LogP contribution < -0.4 is 0 Å².